The van der Waals surface area contributed by atoms with Gasteiger partial charge in [0.15, 0.2) is 0 Å². The van der Waals surface area contributed by atoms with Crippen molar-refractivity contribution in [2.75, 3.05) is 13.6 Å². The van der Waals surface area contributed by atoms with Crippen LogP contribution in [0.25, 0.3) is 0 Å². The molecule has 22 heavy (non-hydrogen) atoms. The van der Waals surface area contributed by atoms with Crippen LogP contribution < -0.4 is 0 Å². The second-order valence-electron chi connectivity index (χ2n) is 6.17. The van der Waals surface area contributed by atoms with Crippen molar-refractivity contribution in [1.29, 1.82) is 0 Å². The molecule has 2 heterocycles. The Hall–Kier alpha value is -1.23. The highest BCUT2D eigenvalue weighted by molar-refractivity contribution is 6.31. The zero-order chi connectivity index (χ0) is 15.7. The molecular weight excluding hydrogens is 296 g/mol. The molecule has 0 amide bonds. The molecule has 1 aliphatic carbocycles. The third-order valence-corrected chi connectivity index (χ3v) is 5.01. The summed E-state index contributed by atoms with van der Waals surface area (Å²) in [6.45, 7) is 9.02. The summed E-state index contributed by atoms with van der Waals surface area (Å²) in [6, 6.07) is 3.99. The molecule has 1 aromatic heterocycles. The zero-order valence-electron chi connectivity index (χ0n) is 13.1. The molecule has 0 radical (unpaired) electrons. The van der Waals surface area contributed by atoms with Crippen LogP contribution in [0, 0.1) is 5.92 Å². The van der Waals surface area contributed by atoms with Crippen LogP contribution in [0.2, 0.25) is 5.02 Å². The molecule has 2 fully saturated rings. The first kappa shape index (κ1) is 15.7. The van der Waals surface area contributed by atoms with Crippen LogP contribution in [0.15, 0.2) is 35.5 Å². The quantitative estimate of drug-likeness (QED) is 0.592. The maximum Gasteiger partial charge on any atom is 0.135 e. The lowest BCUT2D eigenvalue weighted by molar-refractivity contribution is -0.0383. The van der Waals surface area contributed by atoms with Crippen LogP contribution in [0.1, 0.15) is 37.4 Å². The predicted molar refractivity (Wildman–Crippen MR) is 90.9 cm³/mol. The van der Waals surface area contributed by atoms with Gasteiger partial charge in [0.2, 0.25) is 0 Å². The summed E-state index contributed by atoms with van der Waals surface area (Å²) in [5, 5.41) is 5.23. The second-order valence-corrected chi connectivity index (χ2v) is 6.58. The monoisotopic (exact) mass is 318 g/mol. The van der Waals surface area contributed by atoms with Crippen molar-refractivity contribution in [2.45, 2.75) is 37.9 Å². The summed E-state index contributed by atoms with van der Waals surface area (Å²) in [5.41, 5.74) is 2.13. The summed E-state index contributed by atoms with van der Waals surface area (Å²) in [4.78, 5) is 8.83. The third kappa shape index (κ3) is 2.96. The number of hydrogen-bond acceptors (Lipinski definition) is 4. The Bertz CT molecular complexity index is 570. The molecule has 1 saturated heterocycles. The fourth-order valence-corrected chi connectivity index (χ4v) is 3.58. The lowest BCUT2D eigenvalue weighted by Crippen LogP contribution is -2.46. The molecule has 1 aromatic rings. The van der Waals surface area contributed by atoms with Crippen molar-refractivity contribution >= 4 is 18.3 Å². The lowest BCUT2D eigenvalue weighted by atomic mass is 10.1. The van der Waals surface area contributed by atoms with E-state index in [2.05, 4.69) is 40.3 Å². The second kappa shape index (κ2) is 6.49. The first-order chi connectivity index (χ1) is 10.6. The highest BCUT2D eigenvalue weighted by Crippen LogP contribution is 2.41. The van der Waals surface area contributed by atoms with Crippen molar-refractivity contribution < 1.29 is 0 Å². The molecule has 0 N–H and O–H groups in total. The lowest BCUT2D eigenvalue weighted by Gasteiger charge is -2.37. The average molecular weight is 319 g/mol. The van der Waals surface area contributed by atoms with Crippen LogP contribution in [0.3, 0.4) is 0 Å². The van der Waals surface area contributed by atoms with Gasteiger partial charge in [-0.15, -0.1) is 0 Å². The van der Waals surface area contributed by atoms with E-state index in [1.165, 1.54) is 18.4 Å². The van der Waals surface area contributed by atoms with Gasteiger partial charge in [-0.25, -0.2) is 10.0 Å². The van der Waals surface area contributed by atoms with Gasteiger partial charge in [0.05, 0.1) is 16.8 Å². The zero-order valence-corrected chi connectivity index (χ0v) is 13.8. The number of likely N-dealkylation sites (N-methyl/N-ethyl adjacent to an activating group) is 1. The first-order valence-corrected chi connectivity index (χ1v) is 8.25. The molecule has 3 rings (SSSR count). The number of pyridine rings is 1. The predicted octanol–water partition coefficient (Wildman–Crippen LogP) is 3.71. The van der Waals surface area contributed by atoms with Gasteiger partial charge in [-0.2, -0.15) is 0 Å². The topological polar surface area (TPSA) is 31.7 Å². The number of aliphatic imine (C=N–C) groups is 1. The van der Waals surface area contributed by atoms with Gasteiger partial charge in [-0.05, 0) is 56.0 Å². The van der Waals surface area contributed by atoms with E-state index in [1.54, 1.807) is 0 Å². The molecule has 2 aliphatic rings. The largest absolute Gasteiger partial charge is 0.276 e. The van der Waals surface area contributed by atoms with Crippen molar-refractivity contribution in [1.82, 2.24) is 15.0 Å². The fraction of sp³-hybridized carbons (Fsp3) is 0.529. The minimum Gasteiger partial charge on any atom is -0.276 e. The van der Waals surface area contributed by atoms with Gasteiger partial charge >= 0.3 is 0 Å². The van der Waals surface area contributed by atoms with Gasteiger partial charge in [0, 0.05) is 19.8 Å². The minimum atomic E-state index is -0.0596. The Labute approximate surface area is 137 Å². The van der Waals surface area contributed by atoms with Crippen molar-refractivity contribution in [3.05, 3.63) is 41.2 Å². The minimum absolute atomic E-state index is 0.0596. The highest BCUT2D eigenvalue weighted by atomic mass is 35.5. The van der Waals surface area contributed by atoms with Crippen molar-refractivity contribution in [3.63, 3.8) is 0 Å². The summed E-state index contributed by atoms with van der Waals surface area (Å²) in [5.74, 6) is 0.609. The standard InChI is InChI=1S/C17H23ClN4/c1-12(13-8-9-13)17(19-2)21(3)22-11-5-7-15(22)16-14(18)6-4-10-20-16/h4,6,10,13,15,17H,1-2,5,7-9,11H2,3H3. The fourth-order valence-electron chi connectivity index (χ4n) is 3.33. The van der Waals surface area contributed by atoms with Crippen LogP contribution in [-0.2, 0) is 0 Å². The summed E-state index contributed by atoms with van der Waals surface area (Å²) < 4.78 is 0. The van der Waals surface area contributed by atoms with Crippen LogP contribution in [0.5, 0.6) is 0 Å². The van der Waals surface area contributed by atoms with Gasteiger partial charge < -0.3 is 0 Å². The maximum atomic E-state index is 6.35. The first-order valence-electron chi connectivity index (χ1n) is 7.87. The smallest absolute Gasteiger partial charge is 0.135 e. The van der Waals surface area contributed by atoms with E-state index in [1.807, 2.05) is 18.3 Å². The van der Waals surface area contributed by atoms with Crippen LogP contribution in [-0.4, -0.2) is 41.5 Å². The number of nitrogens with zero attached hydrogens (tertiary/aromatic N) is 4. The van der Waals surface area contributed by atoms with E-state index in [0.29, 0.717) is 5.92 Å². The molecule has 4 nitrogen and oxygen atoms in total. The summed E-state index contributed by atoms with van der Waals surface area (Å²) >= 11 is 6.35. The molecule has 0 aromatic carbocycles. The van der Waals surface area contributed by atoms with Crippen LogP contribution >= 0.6 is 11.6 Å². The Balaban J connectivity index is 1.81. The number of hydrazine groups is 1. The number of aromatic nitrogens is 1. The number of rotatable bonds is 6. The van der Waals surface area contributed by atoms with Gasteiger partial charge in [0.1, 0.15) is 6.17 Å². The van der Waals surface area contributed by atoms with Crippen molar-refractivity contribution in [2.24, 2.45) is 10.9 Å². The Morgan fingerprint density at radius 1 is 1.50 bits per heavy atom. The molecular formula is C17H23ClN4. The van der Waals surface area contributed by atoms with E-state index < -0.39 is 0 Å². The van der Waals surface area contributed by atoms with Gasteiger partial charge in [0.25, 0.3) is 0 Å². The number of hydrogen-bond donors (Lipinski definition) is 0. The molecule has 2 atom stereocenters. The SMILES string of the molecule is C=NC(C(=C)C1CC1)N(C)N1CCCC1c1ncccc1Cl. The van der Waals surface area contributed by atoms with Crippen LogP contribution in [0.4, 0.5) is 0 Å². The summed E-state index contributed by atoms with van der Waals surface area (Å²) in [7, 11) is 2.07. The van der Waals surface area contributed by atoms with Crippen molar-refractivity contribution in [3.8, 4) is 0 Å². The molecule has 1 saturated carbocycles. The normalized spacial score (nSPS) is 23.7. The highest BCUT2D eigenvalue weighted by Gasteiger charge is 2.37. The van der Waals surface area contributed by atoms with E-state index in [-0.39, 0.29) is 12.2 Å². The van der Waals surface area contributed by atoms with E-state index in [0.717, 1.165) is 30.1 Å². The molecule has 5 heteroatoms. The Morgan fingerprint density at radius 2 is 2.27 bits per heavy atom. The molecule has 0 bridgehead atoms. The van der Waals surface area contributed by atoms with Gasteiger partial charge in [-0.3, -0.25) is 9.98 Å². The van der Waals surface area contributed by atoms with E-state index >= 15 is 0 Å². The van der Waals surface area contributed by atoms with E-state index in [9.17, 15) is 0 Å². The summed E-state index contributed by atoms with van der Waals surface area (Å²) in [6.07, 6.45) is 6.39. The molecule has 0 spiro atoms. The Kier molecular flexibility index (Phi) is 4.62. The third-order valence-electron chi connectivity index (χ3n) is 4.69. The number of halogens is 1. The molecule has 2 unspecified atom stereocenters. The van der Waals surface area contributed by atoms with E-state index in [4.69, 9.17) is 11.6 Å². The average Bonchev–Trinajstić information content (AvgIpc) is 3.26. The van der Waals surface area contributed by atoms with Gasteiger partial charge in [-0.1, -0.05) is 18.2 Å². The maximum absolute atomic E-state index is 6.35. The molecule has 1 aliphatic heterocycles. The Morgan fingerprint density at radius 3 is 2.91 bits per heavy atom. The molecule has 118 valence electrons.